The first-order chi connectivity index (χ1) is 14.9. The lowest BCUT2D eigenvalue weighted by Crippen LogP contribution is -2.30. The quantitative estimate of drug-likeness (QED) is 0.705. The molecule has 1 amide bonds. The molecule has 2 fully saturated rings. The molecule has 0 aromatic heterocycles. The van der Waals surface area contributed by atoms with Gasteiger partial charge in [0.15, 0.2) is 0 Å². The van der Waals surface area contributed by atoms with Crippen LogP contribution in [0.25, 0.3) is 0 Å². The Morgan fingerprint density at radius 3 is 2.32 bits per heavy atom. The molecule has 2 aliphatic rings. The van der Waals surface area contributed by atoms with Gasteiger partial charge in [0.1, 0.15) is 5.82 Å². The fraction of sp³-hybridized carbons (Fsp3) is 0.409. The van der Waals surface area contributed by atoms with Crippen molar-refractivity contribution in [1.29, 1.82) is 0 Å². The fourth-order valence-electron chi connectivity index (χ4n) is 4.12. The molecule has 0 spiro atoms. The van der Waals surface area contributed by atoms with Crippen molar-refractivity contribution in [2.45, 2.75) is 37.0 Å². The molecular weight excluding hydrogens is 441 g/mol. The molecule has 2 aliphatic heterocycles. The number of carbonyl (C=O) groups excluding carboxylic acids is 1. The predicted octanol–water partition coefficient (Wildman–Crippen LogP) is 4.51. The Morgan fingerprint density at radius 1 is 0.935 bits per heavy atom. The number of benzene rings is 2. The summed E-state index contributed by atoms with van der Waals surface area (Å²) in [6, 6.07) is 8.43. The average molecular weight is 466 g/mol. The van der Waals surface area contributed by atoms with E-state index in [1.807, 2.05) is 0 Å². The van der Waals surface area contributed by atoms with Crippen LogP contribution in [-0.2, 0) is 10.0 Å². The molecule has 2 heterocycles. The van der Waals surface area contributed by atoms with Gasteiger partial charge in [0.25, 0.3) is 5.91 Å². The van der Waals surface area contributed by atoms with Crippen LogP contribution in [0.1, 0.15) is 42.5 Å². The SMILES string of the molecule is O=C(Nc1cc(F)ccc1N1CCCCC1)c1cc(S(=O)(=O)N2CCCC2)ccc1Cl. The molecule has 6 nitrogen and oxygen atoms in total. The highest BCUT2D eigenvalue weighted by molar-refractivity contribution is 7.89. The molecule has 2 saturated heterocycles. The highest BCUT2D eigenvalue weighted by Gasteiger charge is 2.28. The highest BCUT2D eigenvalue weighted by Crippen LogP contribution is 2.31. The first-order valence-corrected chi connectivity index (χ1v) is 12.3. The lowest BCUT2D eigenvalue weighted by molar-refractivity contribution is 0.102. The molecule has 0 saturated carbocycles. The van der Waals surface area contributed by atoms with Crippen LogP contribution in [0.15, 0.2) is 41.3 Å². The van der Waals surface area contributed by atoms with Gasteiger partial charge in [-0.2, -0.15) is 4.31 Å². The van der Waals surface area contributed by atoms with Gasteiger partial charge in [0.2, 0.25) is 10.0 Å². The summed E-state index contributed by atoms with van der Waals surface area (Å²) in [7, 11) is -3.69. The second-order valence-corrected chi connectivity index (χ2v) is 10.3. The zero-order chi connectivity index (χ0) is 22.0. The summed E-state index contributed by atoms with van der Waals surface area (Å²) in [5, 5.41) is 2.87. The van der Waals surface area contributed by atoms with Crippen molar-refractivity contribution in [3.63, 3.8) is 0 Å². The molecule has 0 bridgehead atoms. The van der Waals surface area contributed by atoms with Crippen LogP contribution in [0.2, 0.25) is 5.02 Å². The van der Waals surface area contributed by atoms with E-state index in [2.05, 4.69) is 10.2 Å². The third kappa shape index (κ3) is 4.71. The maximum atomic E-state index is 14.0. The molecular formula is C22H25ClFN3O3S. The molecule has 0 atom stereocenters. The smallest absolute Gasteiger partial charge is 0.257 e. The van der Waals surface area contributed by atoms with Gasteiger partial charge in [-0.1, -0.05) is 11.6 Å². The maximum absolute atomic E-state index is 14.0. The van der Waals surface area contributed by atoms with E-state index in [1.54, 1.807) is 6.07 Å². The second-order valence-electron chi connectivity index (χ2n) is 7.92. The van der Waals surface area contributed by atoms with Crippen molar-refractivity contribution in [3.8, 4) is 0 Å². The lowest BCUT2D eigenvalue weighted by atomic mass is 10.1. The Bertz CT molecular complexity index is 1080. The second kappa shape index (κ2) is 9.14. The number of hydrogen-bond acceptors (Lipinski definition) is 4. The monoisotopic (exact) mass is 465 g/mol. The summed E-state index contributed by atoms with van der Waals surface area (Å²) in [5.74, 6) is -1.04. The Balaban J connectivity index is 1.63. The number of nitrogens with one attached hydrogen (secondary N) is 1. The normalized spacial score (nSPS) is 17.7. The Kier molecular flexibility index (Phi) is 6.50. The molecule has 0 unspecified atom stereocenters. The molecule has 2 aromatic carbocycles. The standard InChI is InChI=1S/C22H25ClFN3O3S/c23-19-8-7-17(31(29,30)27-12-4-5-13-27)15-18(19)22(28)25-20-14-16(24)6-9-21(20)26-10-2-1-3-11-26/h6-9,14-15H,1-5,10-13H2,(H,25,28). The summed E-state index contributed by atoms with van der Waals surface area (Å²) < 4.78 is 41.1. The first kappa shape index (κ1) is 22.0. The van der Waals surface area contributed by atoms with Crippen LogP contribution in [-0.4, -0.2) is 44.8 Å². The van der Waals surface area contributed by atoms with Gasteiger partial charge in [0, 0.05) is 26.2 Å². The van der Waals surface area contributed by atoms with E-state index in [1.165, 1.54) is 34.6 Å². The molecule has 31 heavy (non-hydrogen) atoms. The van der Waals surface area contributed by atoms with Crippen molar-refractivity contribution >= 4 is 38.9 Å². The largest absolute Gasteiger partial charge is 0.370 e. The number of nitrogens with zero attached hydrogens (tertiary/aromatic N) is 2. The van der Waals surface area contributed by atoms with Gasteiger partial charge < -0.3 is 10.2 Å². The average Bonchev–Trinajstić information content (AvgIpc) is 3.30. The molecule has 4 rings (SSSR count). The van der Waals surface area contributed by atoms with Crippen molar-refractivity contribution in [3.05, 3.63) is 52.8 Å². The third-order valence-corrected chi connectivity index (χ3v) is 8.01. The van der Waals surface area contributed by atoms with Gasteiger partial charge in [0.05, 0.1) is 26.9 Å². The predicted molar refractivity (Wildman–Crippen MR) is 120 cm³/mol. The Morgan fingerprint density at radius 2 is 1.61 bits per heavy atom. The van der Waals surface area contributed by atoms with Crippen LogP contribution in [0, 0.1) is 5.82 Å². The number of anilines is 2. The van der Waals surface area contributed by atoms with E-state index in [9.17, 15) is 17.6 Å². The third-order valence-electron chi connectivity index (χ3n) is 5.79. The number of hydrogen-bond donors (Lipinski definition) is 1. The highest BCUT2D eigenvalue weighted by atomic mass is 35.5. The zero-order valence-electron chi connectivity index (χ0n) is 17.1. The molecule has 9 heteroatoms. The zero-order valence-corrected chi connectivity index (χ0v) is 18.7. The van der Waals surface area contributed by atoms with E-state index in [4.69, 9.17) is 11.6 Å². The number of halogens is 2. The lowest BCUT2D eigenvalue weighted by Gasteiger charge is -2.30. The van der Waals surface area contributed by atoms with Crippen LogP contribution < -0.4 is 10.2 Å². The summed E-state index contributed by atoms with van der Waals surface area (Å²) >= 11 is 6.23. The van der Waals surface area contributed by atoms with Crippen molar-refractivity contribution in [2.24, 2.45) is 0 Å². The molecule has 1 N–H and O–H groups in total. The number of piperidine rings is 1. The van der Waals surface area contributed by atoms with Gasteiger partial charge in [-0.3, -0.25) is 4.79 Å². The first-order valence-electron chi connectivity index (χ1n) is 10.5. The summed E-state index contributed by atoms with van der Waals surface area (Å²) in [5.41, 5.74) is 1.12. The Hall–Kier alpha value is -2.16. The minimum absolute atomic E-state index is 0.0273. The molecule has 0 radical (unpaired) electrons. The van der Waals surface area contributed by atoms with Crippen molar-refractivity contribution < 1.29 is 17.6 Å². The van der Waals surface area contributed by atoms with Crippen LogP contribution in [0.3, 0.4) is 0 Å². The van der Waals surface area contributed by atoms with Gasteiger partial charge >= 0.3 is 0 Å². The van der Waals surface area contributed by atoms with E-state index < -0.39 is 21.7 Å². The molecule has 0 aliphatic carbocycles. The number of sulfonamides is 1. The van der Waals surface area contributed by atoms with Gasteiger partial charge in [-0.05, 0) is 68.5 Å². The number of carbonyl (C=O) groups is 1. The fourth-order valence-corrected chi connectivity index (χ4v) is 5.87. The van der Waals surface area contributed by atoms with Gasteiger partial charge in [-0.25, -0.2) is 12.8 Å². The van der Waals surface area contributed by atoms with E-state index >= 15 is 0 Å². The van der Waals surface area contributed by atoms with Crippen LogP contribution in [0.5, 0.6) is 0 Å². The summed E-state index contributed by atoms with van der Waals surface area (Å²) in [6.07, 6.45) is 4.85. The van der Waals surface area contributed by atoms with Crippen molar-refractivity contribution in [2.75, 3.05) is 36.4 Å². The van der Waals surface area contributed by atoms with E-state index in [0.29, 0.717) is 18.8 Å². The van der Waals surface area contributed by atoms with Crippen molar-refractivity contribution in [1.82, 2.24) is 4.31 Å². The number of rotatable bonds is 5. The number of amides is 1. The van der Waals surface area contributed by atoms with Gasteiger partial charge in [-0.15, -0.1) is 0 Å². The topological polar surface area (TPSA) is 69.7 Å². The van der Waals surface area contributed by atoms with E-state index in [0.717, 1.165) is 50.9 Å². The van der Waals surface area contributed by atoms with Crippen LogP contribution in [0.4, 0.5) is 15.8 Å². The Labute approximate surface area is 187 Å². The maximum Gasteiger partial charge on any atom is 0.257 e. The minimum Gasteiger partial charge on any atom is -0.370 e. The molecule has 2 aromatic rings. The minimum atomic E-state index is -3.69. The molecule has 166 valence electrons. The van der Waals surface area contributed by atoms with Crippen LogP contribution >= 0.6 is 11.6 Å². The van der Waals surface area contributed by atoms with E-state index in [-0.39, 0.29) is 15.5 Å². The summed E-state index contributed by atoms with van der Waals surface area (Å²) in [4.78, 5) is 15.2. The summed E-state index contributed by atoms with van der Waals surface area (Å²) in [6.45, 7) is 2.60.